The molecule has 0 bridgehead atoms. The zero-order chi connectivity index (χ0) is 30.3. The van der Waals surface area contributed by atoms with Crippen molar-refractivity contribution in [2.24, 2.45) is 0 Å². The first-order valence-corrected chi connectivity index (χ1v) is 14.9. The first-order chi connectivity index (χ1) is 21.5. The molecule has 2 N–H and O–H groups in total. The molecule has 4 heterocycles. The highest BCUT2D eigenvalue weighted by molar-refractivity contribution is 6.03. The number of pyridine rings is 2. The topological polar surface area (TPSA) is 105 Å². The van der Waals surface area contributed by atoms with Crippen LogP contribution in [-0.4, -0.2) is 55.4 Å². The summed E-state index contributed by atoms with van der Waals surface area (Å²) in [4.78, 5) is 41.4. The first kappa shape index (κ1) is 28.9. The van der Waals surface area contributed by atoms with E-state index in [9.17, 15) is 9.59 Å². The van der Waals surface area contributed by atoms with Gasteiger partial charge in [-0.2, -0.15) is 0 Å². The number of rotatable bonds is 9. The van der Waals surface area contributed by atoms with Gasteiger partial charge in [-0.15, -0.1) is 0 Å². The van der Waals surface area contributed by atoms with Crippen LogP contribution in [0.25, 0.3) is 16.8 Å². The van der Waals surface area contributed by atoms with Gasteiger partial charge < -0.3 is 15.2 Å². The summed E-state index contributed by atoms with van der Waals surface area (Å²) in [6.45, 7) is 4.31. The Morgan fingerprint density at radius 3 is 2.57 bits per heavy atom. The Morgan fingerprint density at radius 1 is 0.909 bits per heavy atom. The third-order valence-corrected chi connectivity index (χ3v) is 7.69. The number of imidazole rings is 1. The quantitative estimate of drug-likeness (QED) is 0.246. The van der Waals surface area contributed by atoms with Crippen LogP contribution in [0, 0.1) is 6.92 Å². The van der Waals surface area contributed by atoms with E-state index >= 15 is 0 Å². The summed E-state index contributed by atoms with van der Waals surface area (Å²) in [6, 6.07) is 25.4. The predicted molar refractivity (Wildman–Crippen MR) is 170 cm³/mol. The Kier molecular flexibility index (Phi) is 8.84. The SMILES string of the molecule is Cc1cn(-c2cc(CN3CCC[C@H](NC(=O)Cc4ccccn4)C3)cc(NC(=O)c3cc(-c4ccccc4)ccn3)c2)cn1. The highest BCUT2D eigenvalue weighted by atomic mass is 16.2. The van der Waals surface area contributed by atoms with Crippen molar-refractivity contribution in [2.45, 2.75) is 38.8 Å². The van der Waals surface area contributed by atoms with Gasteiger partial charge in [0.1, 0.15) is 5.69 Å². The summed E-state index contributed by atoms with van der Waals surface area (Å²) in [7, 11) is 0. The molecular formula is C35H35N7O2. The van der Waals surface area contributed by atoms with Crippen molar-refractivity contribution in [3.05, 3.63) is 126 Å². The van der Waals surface area contributed by atoms with Gasteiger partial charge in [-0.25, -0.2) is 4.98 Å². The summed E-state index contributed by atoms with van der Waals surface area (Å²) in [5.41, 5.74) is 6.61. The molecule has 0 unspecified atom stereocenters. The van der Waals surface area contributed by atoms with Gasteiger partial charge in [0, 0.05) is 54.8 Å². The van der Waals surface area contributed by atoms with E-state index in [0.717, 1.165) is 59.7 Å². The fourth-order valence-electron chi connectivity index (χ4n) is 5.63. The molecule has 0 aliphatic carbocycles. The van der Waals surface area contributed by atoms with Crippen LogP contribution in [0.1, 0.15) is 40.3 Å². The van der Waals surface area contributed by atoms with E-state index in [4.69, 9.17) is 0 Å². The normalized spacial score (nSPS) is 15.1. The number of aromatic nitrogens is 4. The van der Waals surface area contributed by atoms with Crippen LogP contribution >= 0.6 is 0 Å². The number of likely N-dealkylation sites (tertiary alicyclic amines) is 1. The van der Waals surface area contributed by atoms with Crippen molar-refractivity contribution in [1.29, 1.82) is 0 Å². The van der Waals surface area contributed by atoms with Gasteiger partial charge in [0.15, 0.2) is 0 Å². The zero-order valence-electron chi connectivity index (χ0n) is 24.7. The van der Waals surface area contributed by atoms with Crippen molar-refractivity contribution in [3.8, 4) is 16.8 Å². The van der Waals surface area contributed by atoms with E-state index in [1.165, 1.54) is 0 Å². The maximum Gasteiger partial charge on any atom is 0.274 e. The second kappa shape index (κ2) is 13.4. The Labute approximate surface area is 257 Å². The number of amides is 2. The minimum Gasteiger partial charge on any atom is -0.352 e. The second-order valence-corrected chi connectivity index (χ2v) is 11.2. The van der Waals surface area contributed by atoms with Crippen LogP contribution < -0.4 is 10.6 Å². The Morgan fingerprint density at radius 2 is 1.77 bits per heavy atom. The van der Waals surface area contributed by atoms with Gasteiger partial charge in [0.25, 0.3) is 5.91 Å². The molecule has 1 aliphatic heterocycles. The third kappa shape index (κ3) is 7.43. The van der Waals surface area contributed by atoms with Crippen LogP contribution in [0.5, 0.6) is 0 Å². The van der Waals surface area contributed by atoms with Crippen molar-refractivity contribution in [1.82, 2.24) is 29.7 Å². The average Bonchev–Trinajstić information content (AvgIpc) is 3.48. The molecule has 9 nitrogen and oxygen atoms in total. The zero-order valence-corrected chi connectivity index (χ0v) is 24.7. The van der Waals surface area contributed by atoms with E-state index in [1.54, 1.807) is 18.7 Å². The Bertz CT molecular complexity index is 1740. The number of piperidine rings is 1. The van der Waals surface area contributed by atoms with Crippen LogP contribution in [0.2, 0.25) is 0 Å². The molecule has 222 valence electrons. The van der Waals surface area contributed by atoms with Gasteiger partial charge >= 0.3 is 0 Å². The predicted octanol–water partition coefficient (Wildman–Crippen LogP) is 5.21. The molecule has 1 aliphatic rings. The monoisotopic (exact) mass is 585 g/mol. The molecule has 0 spiro atoms. The lowest BCUT2D eigenvalue weighted by molar-refractivity contribution is -0.121. The van der Waals surface area contributed by atoms with E-state index in [-0.39, 0.29) is 24.3 Å². The molecule has 2 amide bonds. The molecule has 5 aromatic rings. The molecule has 6 rings (SSSR count). The van der Waals surface area contributed by atoms with Gasteiger partial charge in [-0.05, 0) is 85.5 Å². The number of carbonyl (C=O) groups is 2. The van der Waals surface area contributed by atoms with Crippen LogP contribution in [-0.2, 0) is 17.8 Å². The van der Waals surface area contributed by atoms with Crippen molar-refractivity contribution in [2.75, 3.05) is 18.4 Å². The largest absolute Gasteiger partial charge is 0.352 e. The van der Waals surface area contributed by atoms with Crippen LogP contribution in [0.4, 0.5) is 5.69 Å². The van der Waals surface area contributed by atoms with Gasteiger partial charge in [0.2, 0.25) is 5.91 Å². The molecule has 1 fully saturated rings. The number of anilines is 1. The summed E-state index contributed by atoms with van der Waals surface area (Å²) in [6.07, 6.45) is 9.31. The molecule has 9 heteroatoms. The summed E-state index contributed by atoms with van der Waals surface area (Å²) >= 11 is 0. The number of hydrogen-bond acceptors (Lipinski definition) is 6. The molecule has 1 atom stereocenters. The second-order valence-electron chi connectivity index (χ2n) is 11.2. The summed E-state index contributed by atoms with van der Waals surface area (Å²) in [5.74, 6) is -0.288. The van der Waals surface area contributed by atoms with Crippen molar-refractivity contribution < 1.29 is 9.59 Å². The lowest BCUT2D eigenvalue weighted by Gasteiger charge is -2.33. The highest BCUT2D eigenvalue weighted by Crippen LogP contribution is 2.24. The van der Waals surface area contributed by atoms with E-state index in [0.29, 0.717) is 17.9 Å². The number of hydrogen-bond donors (Lipinski definition) is 2. The van der Waals surface area contributed by atoms with Crippen LogP contribution in [0.15, 0.2) is 104 Å². The van der Waals surface area contributed by atoms with Gasteiger partial charge in [-0.3, -0.25) is 24.5 Å². The maximum absolute atomic E-state index is 13.4. The molecule has 1 saturated heterocycles. The number of benzene rings is 2. The smallest absolute Gasteiger partial charge is 0.274 e. The number of aryl methyl sites for hydroxylation is 1. The maximum atomic E-state index is 13.4. The van der Waals surface area contributed by atoms with E-state index in [2.05, 4.69) is 36.6 Å². The highest BCUT2D eigenvalue weighted by Gasteiger charge is 2.22. The summed E-state index contributed by atoms with van der Waals surface area (Å²) < 4.78 is 1.96. The van der Waals surface area contributed by atoms with Gasteiger partial charge in [0.05, 0.1) is 18.4 Å². The number of nitrogens with one attached hydrogen (secondary N) is 2. The first-order valence-electron chi connectivity index (χ1n) is 14.9. The fraction of sp³-hybridized carbons (Fsp3) is 0.229. The lowest BCUT2D eigenvalue weighted by Crippen LogP contribution is -2.47. The van der Waals surface area contributed by atoms with E-state index < -0.39 is 0 Å². The minimum atomic E-state index is -0.277. The Hall–Kier alpha value is -5.15. The number of nitrogens with zero attached hydrogens (tertiary/aromatic N) is 5. The fourth-order valence-corrected chi connectivity index (χ4v) is 5.63. The molecule has 3 aromatic heterocycles. The minimum absolute atomic E-state index is 0.0111. The molecule has 0 radical (unpaired) electrons. The third-order valence-electron chi connectivity index (χ3n) is 7.69. The van der Waals surface area contributed by atoms with Crippen molar-refractivity contribution in [3.63, 3.8) is 0 Å². The lowest BCUT2D eigenvalue weighted by atomic mass is 10.0. The average molecular weight is 586 g/mol. The number of carbonyl (C=O) groups excluding carboxylic acids is 2. The molecule has 0 saturated carbocycles. The summed E-state index contributed by atoms with van der Waals surface area (Å²) in [5, 5.41) is 6.27. The van der Waals surface area contributed by atoms with Crippen molar-refractivity contribution >= 4 is 17.5 Å². The standard InChI is InChI=1S/C35H35N7O2/c1-25-21-42(24-38-25)32-17-26(22-41-15-7-11-30(23-41)39-34(43)20-29-10-5-6-13-36-29)16-31(19-32)40-35(44)33-18-28(12-14-37-33)27-8-3-2-4-9-27/h2-6,8-10,12-14,16-19,21,24,30H,7,11,15,20,22-23H2,1H3,(H,39,43)(H,40,44)/t30-/m0/s1. The molecular weight excluding hydrogens is 550 g/mol. The van der Waals surface area contributed by atoms with E-state index in [1.807, 2.05) is 90.5 Å². The molecule has 2 aromatic carbocycles. The molecule has 44 heavy (non-hydrogen) atoms. The van der Waals surface area contributed by atoms with Crippen LogP contribution in [0.3, 0.4) is 0 Å². The van der Waals surface area contributed by atoms with Gasteiger partial charge in [-0.1, -0.05) is 36.4 Å². The Balaban J connectivity index is 1.18.